The Hall–Kier alpha value is -1.46. The number of allylic oxidation sites excluding steroid dienone is 1. The fraction of sp³-hybridized carbons (Fsp3) is 0.308. The van der Waals surface area contributed by atoms with Gasteiger partial charge in [-0.1, -0.05) is 56.8 Å². The van der Waals surface area contributed by atoms with Gasteiger partial charge in [0.15, 0.2) is 0 Å². The minimum Gasteiger partial charge on any atom is -0.395 e. The van der Waals surface area contributed by atoms with Crippen molar-refractivity contribution in [3.63, 3.8) is 0 Å². The second-order valence-electron chi connectivity index (χ2n) is 4.36. The molecule has 0 fully saturated rings. The van der Waals surface area contributed by atoms with Crippen LogP contribution >= 0.6 is 0 Å². The summed E-state index contributed by atoms with van der Waals surface area (Å²) in [5, 5.41) is 0. The summed E-state index contributed by atoms with van der Waals surface area (Å²) in [6.45, 7) is 6.23. The zero-order valence-corrected chi connectivity index (χ0v) is 9.04. The highest BCUT2D eigenvalue weighted by atomic mass is 14.6. The predicted octanol–water partition coefficient (Wildman–Crippen LogP) is 3.19. The summed E-state index contributed by atoms with van der Waals surface area (Å²) in [5.74, 6) is 0. The van der Waals surface area contributed by atoms with E-state index in [0.717, 1.165) is 11.3 Å². The van der Waals surface area contributed by atoms with Crippen LogP contribution in [0.5, 0.6) is 0 Å². The minimum atomic E-state index is -0.00865. The molecule has 1 aromatic rings. The molecule has 1 aromatic carbocycles. The van der Waals surface area contributed by atoms with Crippen molar-refractivity contribution in [2.24, 2.45) is 11.1 Å². The molecule has 1 nitrogen and oxygen atoms in total. The van der Waals surface area contributed by atoms with E-state index in [-0.39, 0.29) is 5.41 Å². The van der Waals surface area contributed by atoms with Crippen LogP contribution in [-0.2, 0) is 0 Å². The molecule has 0 atom stereocenters. The Bertz CT molecular complexity index is 349. The molecule has 0 saturated heterocycles. The quantitative estimate of drug-likeness (QED) is 0.671. The van der Waals surface area contributed by atoms with Crippen molar-refractivity contribution in [1.82, 2.24) is 0 Å². The third-order valence-corrected chi connectivity index (χ3v) is 2.00. The Labute approximate surface area is 85.9 Å². The molecule has 1 rings (SSSR count). The predicted molar refractivity (Wildman–Crippen MR) is 61.6 cm³/mol. The largest absolute Gasteiger partial charge is 0.395 e. The van der Waals surface area contributed by atoms with Crippen LogP contribution in [0.25, 0.3) is 6.08 Å². The Morgan fingerprint density at radius 3 is 2.29 bits per heavy atom. The second-order valence-corrected chi connectivity index (χ2v) is 4.36. The van der Waals surface area contributed by atoms with E-state index in [0.29, 0.717) is 0 Å². The van der Waals surface area contributed by atoms with Gasteiger partial charge in [-0.25, -0.2) is 0 Å². The van der Waals surface area contributed by atoms with E-state index in [4.69, 9.17) is 5.73 Å². The van der Waals surface area contributed by atoms with Gasteiger partial charge in [0.2, 0.25) is 0 Å². The van der Waals surface area contributed by atoms with Gasteiger partial charge in [-0.15, -0.1) is 0 Å². The molecule has 0 aromatic heterocycles. The first-order chi connectivity index (χ1) is 6.50. The zero-order valence-electron chi connectivity index (χ0n) is 9.04. The van der Waals surface area contributed by atoms with Crippen LogP contribution in [0, 0.1) is 5.41 Å². The maximum atomic E-state index is 5.87. The van der Waals surface area contributed by atoms with Gasteiger partial charge < -0.3 is 5.73 Å². The number of rotatable bonds is 1. The van der Waals surface area contributed by atoms with Crippen molar-refractivity contribution in [1.29, 1.82) is 0 Å². The number of nitrogens with two attached hydrogens (primary N) is 1. The van der Waals surface area contributed by atoms with E-state index in [1.54, 1.807) is 0 Å². The molecule has 14 heavy (non-hydrogen) atoms. The van der Waals surface area contributed by atoms with Crippen LogP contribution in [0.15, 0.2) is 41.8 Å². The van der Waals surface area contributed by atoms with Gasteiger partial charge >= 0.3 is 0 Å². The van der Waals surface area contributed by atoms with E-state index in [2.05, 4.69) is 26.5 Å². The van der Waals surface area contributed by atoms with Crippen LogP contribution < -0.4 is 5.73 Å². The monoisotopic (exact) mass is 187 g/mol. The van der Waals surface area contributed by atoms with Crippen molar-refractivity contribution >= 4 is 6.08 Å². The molecule has 2 N–H and O–H groups in total. The van der Waals surface area contributed by atoms with Crippen LogP contribution in [0.2, 0.25) is 0 Å². The lowest BCUT2D eigenvalue weighted by atomic mass is 9.93. The third-order valence-electron chi connectivity index (χ3n) is 2.00. The highest BCUT2D eigenvalue weighted by Gasteiger charge is 2.12. The molecular weight excluding hydrogens is 170 g/mol. The fourth-order valence-electron chi connectivity index (χ4n) is 0.927. The average molecular weight is 187 g/mol. The average Bonchev–Trinajstić information content (AvgIpc) is 2.14. The first kappa shape index (κ1) is 10.6. The smallest absolute Gasteiger partial charge is 0.0566 e. The van der Waals surface area contributed by atoms with Gasteiger partial charge in [0.25, 0.3) is 0 Å². The van der Waals surface area contributed by atoms with Crippen molar-refractivity contribution in [2.45, 2.75) is 20.8 Å². The maximum absolute atomic E-state index is 5.87. The van der Waals surface area contributed by atoms with Crippen LogP contribution in [0.1, 0.15) is 26.3 Å². The van der Waals surface area contributed by atoms with Crippen LogP contribution in [-0.4, -0.2) is 0 Å². The van der Waals surface area contributed by atoms with Crippen molar-refractivity contribution < 1.29 is 0 Å². The van der Waals surface area contributed by atoms with Crippen LogP contribution in [0.3, 0.4) is 0 Å². The summed E-state index contributed by atoms with van der Waals surface area (Å²) in [5.41, 5.74) is 10.9. The van der Waals surface area contributed by atoms with E-state index in [1.165, 1.54) is 0 Å². The lowest BCUT2D eigenvalue weighted by Crippen LogP contribution is -2.15. The molecule has 0 heterocycles. The fourth-order valence-corrected chi connectivity index (χ4v) is 0.927. The lowest BCUT2D eigenvalue weighted by molar-refractivity contribution is 0.499. The molecule has 0 amide bonds. The van der Waals surface area contributed by atoms with E-state index >= 15 is 0 Å². The molecule has 1 heteroatoms. The molecule has 0 aliphatic heterocycles. The first-order valence-corrected chi connectivity index (χ1v) is 4.78. The molecule has 0 aliphatic rings. The lowest BCUT2D eigenvalue weighted by Gasteiger charge is -2.16. The molecular formula is C13H17N. The Balaban J connectivity index is 2.93. The van der Waals surface area contributed by atoms with Gasteiger partial charge in [-0.3, -0.25) is 0 Å². The zero-order chi connectivity index (χ0) is 10.6. The SMILES string of the molecule is CC(C)(C)C(N)=C=Cc1ccccc1. The Kier molecular flexibility index (Phi) is 3.16. The van der Waals surface area contributed by atoms with E-state index in [9.17, 15) is 0 Å². The Morgan fingerprint density at radius 1 is 1.21 bits per heavy atom. The van der Waals surface area contributed by atoms with Crippen molar-refractivity contribution in [3.05, 3.63) is 47.3 Å². The maximum Gasteiger partial charge on any atom is 0.0566 e. The molecule has 0 radical (unpaired) electrons. The molecule has 0 spiro atoms. The summed E-state index contributed by atoms with van der Waals surface area (Å²) < 4.78 is 0. The highest BCUT2D eigenvalue weighted by molar-refractivity contribution is 5.48. The number of benzene rings is 1. The topological polar surface area (TPSA) is 26.0 Å². The molecule has 74 valence electrons. The summed E-state index contributed by atoms with van der Waals surface area (Å²) >= 11 is 0. The first-order valence-electron chi connectivity index (χ1n) is 4.78. The summed E-state index contributed by atoms with van der Waals surface area (Å²) in [7, 11) is 0. The van der Waals surface area contributed by atoms with Gasteiger partial charge in [0, 0.05) is 5.41 Å². The van der Waals surface area contributed by atoms with Crippen molar-refractivity contribution in [3.8, 4) is 0 Å². The summed E-state index contributed by atoms with van der Waals surface area (Å²) in [4.78, 5) is 0. The normalized spacial score (nSPS) is 10.5. The summed E-state index contributed by atoms with van der Waals surface area (Å²) in [6, 6.07) is 10.1. The van der Waals surface area contributed by atoms with Gasteiger partial charge in [0.1, 0.15) is 0 Å². The molecule has 0 saturated carbocycles. The molecule has 0 unspecified atom stereocenters. The van der Waals surface area contributed by atoms with Gasteiger partial charge in [-0.2, -0.15) is 0 Å². The van der Waals surface area contributed by atoms with Crippen molar-refractivity contribution in [2.75, 3.05) is 0 Å². The Morgan fingerprint density at radius 2 is 1.79 bits per heavy atom. The minimum absolute atomic E-state index is 0.00865. The van der Waals surface area contributed by atoms with E-state index < -0.39 is 0 Å². The number of hydrogen-bond acceptors (Lipinski definition) is 1. The summed E-state index contributed by atoms with van der Waals surface area (Å²) in [6.07, 6.45) is 1.92. The standard InChI is InChI=1S/C13H17N/c1-13(2,3)12(14)10-9-11-7-5-4-6-8-11/h4-9H,14H2,1-3H3. The van der Waals surface area contributed by atoms with E-state index in [1.807, 2.05) is 36.4 Å². The molecule has 0 aliphatic carbocycles. The number of hydrogen-bond donors (Lipinski definition) is 1. The highest BCUT2D eigenvalue weighted by Crippen LogP contribution is 2.19. The molecule has 0 bridgehead atoms. The second kappa shape index (κ2) is 4.17. The van der Waals surface area contributed by atoms with Crippen LogP contribution in [0.4, 0.5) is 0 Å². The van der Waals surface area contributed by atoms with Gasteiger partial charge in [0.05, 0.1) is 5.70 Å². The third kappa shape index (κ3) is 3.12. The van der Waals surface area contributed by atoms with Gasteiger partial charge in [-0.05, 0) is 11.6 Å².